The van der Waals surface area contributed by atoms with Gasteiger partial charge in [-0.1, -0.05) is 19.4 Å². The van der Waals surface area contributed by atoms with Crippen LogP contribution in [0.15, 0.2) is 47.4 Å². The van der Waals surface area contributed by atoms with Crippen LogP contribution in [0.2, 0.25) is 0 Å². The van der Waals surface area contributed by atoms with E-state index < -0.39 is 28.4 Å². The molecule has 1 saturated heterocycles. The predicted molar refractivity (Wildman–Crippen MR) is 124 cm³/mol. The van der Waals surface area contributed by atoms with Crippen LogP contribution in [0.4, 0.5) is 5.69 Å². The Morgan fingerprint density at radius 3 is 2.24 bits per heavy atom. The third kappa shape index (κ3) is 6.06. The number of nitrogens with zero attached hydrogens (tertiary/aromatic N) is 1. The number of anilines is 1. The van der Waals surface area contributed by atoms with E-state index >= 15 is 0 Å². The first kappa shape index (κ1) is 24.6. The smallest absolute Gasteiger partial charge is 0.338 e. The maximum atomic E-state index is 13.0. The Bertz CT molecular complexity index is 1140. The van der Waals surface area contributed by atoms with Crippen LogP contribution in [0.3, 0.4) is 0 Å². The van der Waals surface area contributed by atoms with Crippen LogP contribution in [0.25, 0.3) is 0 Å². The van der Waals surface area contributed by atoms with Crippen molar-refractivity contribution < 1.29 is 27.5 Å². The van der Waals surface area contributed by atoms with Gasteiger partial charge in [-0.3, -0.25) is 9.59 Å². The number of sulfonamides is 1. The molecule has 1 aliphatic heterocycles. The van der Waals surface area contributed by atoms with Gasteiger partial charge in [-0.05, 0) is 61.7 Å². The molecule has 1 heterocycles. The molecule has 176 valence electrons. The molecule has 0 bridgehead atoms. The van der Waals surface area contributed by atoms with Gasteiger partial charge >= 0.3 is 5.97 Å². The van der Waals surface area contributed by atoms with Crippen LogP contribution in [-0.2, 0) is 19.6 Å². The number of hydrogen-bond donors (Lipinski definition) is 1. The number of carbonyl (C=O) groups excluding carboxylic acids is 3. The Labute approximate surface area is 194 Å². The molecule has 8 nitrogen and oxygen atoms in total. The maximum absolute atomic E-state index is 13.0. The summed E-state index contributed by atoms with van der Waals surface area (Å²) in [6.45, 7) is 3.86. The first-order chi connectivity index (χ1) is 15.7. The molecular formula is C24H28N2O6S. The summed E-state index contributed by atoms with van der Waals surface area (Å²) in [6.07, 6.45) is 2.97. The molecule has 0 unspecified atom stereocenters. The number of benzene rings is 2. The van der Waals surface area contributed by atoms with E-state index in [9.17, 15) is 22.8 Å². The number of carbonyl (C=O) groups is 3. The number of esters is 1. The van der Waals surface area contributed by atoms with E-state index in [1.54, 1.807) is 32.0 Å². The number of nitrogens with one attached hydrogen (secondary N) is 1. The summed E-state index contributed by atoms with van der Waals surface area (Å²) in [4.78, 5) is 36.4. The van der Waals surface area contributed by atoms with E-state index in [1.165, 1.54) is 28.6 Å². The molecule has 0 aromatic heterocycles. The van der Waals surface area contributed by atoms with E-state index in [1.807, 2.05) is 0 Å². The lowest BCUT2D eigenvalue weighted by Gasteiger charge is -2.26. The maximum Gasteiger partial charge on any atom is 0.338 e. The number of rotatable bonds is 8. The first-order valence-corrected chi connectivity index (χ1v) is 12.4. The first-order valence-electron chi connectivity index (χ1n) is 10.9. The topological polar surface area (TPSA) is 110 Å². The fourth-order valence-corrected chi connectivity index (χ4v) is 5.30. The van der Waals surface area contributed by atoms with Gasteiger partial charge in [0, 0.05) is 30.8 Å². The molecule has 2 aromatic carbocycles. The minimum Gasteiger partial charge on any atom is -0.454 e. The fourth-order valence-electron chi connectivity index (χ4n) is 3.54. The molecule has 1 amide bonds. The van der Waals surface area contributed by atoms with Crippen molar-refractivity contribution in [2.75, 3.05) is 25.0 Å². The zero-order valence-corrected chi connectivity index (χ0v) is 19.6. The van der Waals surface area contributed by atoms with Gasteiger partial charge in [0.05, 0.1) is 10.5 Å². The number of amides is 1. The number of aryl methyl sites for hydroxylation is 1. The minimum atomic E-state index is -3.71. The van der Waals surface area contributed by atoms with Crippen LogP contribution in [0.1, 0.15) is 58.9 Å². The second kappa shape index (κ2) is 10.7. The minimum absolute atomic E-state index is 0.0709. The standard InChI is InChI=1S/C24H28N2O6S/c1-3-23(28)25-20-11-9-18(10-12-20)21(27)16-32-24(29)19-8-7-17(2)22(15-19)33(30,31)26-13-5-4-6-14-26/h7-12,15H,3-6,13-14,16H2,1-2H3,(H,25,28). The van der Waals surface area contributed by atoms with E-state index in [-0.39, 0.29) is 16.4 Å². The third-order valence-corrected chi connectivity index (χ3v) is 7.54. The molecule has 0 radical (unpaired) electrons. The molecule has 0 aliphatic carbocycles. The number of ether oxygens (including phenoxy) is 1. The van der Waals surface area contributed by atoms with Gasteiger partial charge in [0.15, 0.2) is 12.4 Å². The highest BCUT2D eigenvalue weighted by Gasteiger charge is 2.28. The van der Waals surface area contributed by atoms with Gasteiger partial charge in [0.1, 0.15) is 0 Å². The van der Waals surface area contributed by atoms with Crippen LogP contribution in [0, 0.1) is 6.92 Å². The second-order valence-corrected chi connectivity index (χ2v) is 9.83. The van der Waals surface area contributed by atoms with E-state index in [2.05, 4.69) is 5.32 Å². The van der Waals surface area contributed by atoms with E-state index in [0.29, 0.717) is 36.3 Å². The Morgan fingerprint density at radius 1 is 0.970 bits per heavy atom. The van der Waals surface area contributed by atoms with Gasteiger partial charge in [-0.25, -0.2) is 13.2 Å². The lowest BCUT2D eigenvalue weighted by atomic mass is 10.1. The molecule has 0 spiro atoms. The fraction of sp³-hybridized carbons (Fsp3) is 0.375. The van der Waals surface area contributed by atoms with Crippen LogP contribution < -0.4 is 5.32 Å². The second-order valence-electron chi connectivity index (χ2n) is 7.92. The highest BCUT2D eigenvalue weighted by atomic mass is 32.2. The van der Waals surface area contributed by atoms with Gasteiger partial charge in [-0.15, -0.1) is 0 Å². The molecule has 1 aliphatic rings. The molecule has 9 heteroatoms. The van der Waals surface area contributed by atoms with Gasteiger partial charge < -0.3 is 10.1 Å². The lowest BCUT2D eigenvalue weighted by Crippen LogP contribution is -2.36. The molecule has 2 aromatic rings. The highest BCUT2D eigenvalue weighted by Crippen LogP contribution is 2.24. The average molecular weight is 473 g/mol. The molecule has 0 atom stereocenters. The summed E-state index contributed by atoms with van der Waals surface area (Å²) in [5, 5.41) is 2.69. The zero-order valence-electron chi connectivity index (χ0n) is 18.8. The highest BCUT2D eigenvalue weighted by molar-refractivity contribution is 7.89. The van der Waals surface area contributed by atoms with Crippen LogP contribution in [0.5, 0.6) is 0 Å². The quantitative estimate of drug-likeness (QED) is 0.465. The average Bonchev–Trinajstić information content (AvgIpc) is 2.83. The SMILES string of the molecule is CCC(=O)Nc1ccc(C(=O)COC(=O)c2ccc(C)c(S(=O)(=O)N3CCCCC3)c2)cc1. The lowest BCUT2D eigenvalue weighted by molar-refractivity contribution is -0.115. The van der Waals surface area contributed by atoms with Gasteiger partial charge in [-0.2, -0.15) is 4.31 Å². The Hall–Kier alpha value is -3.04. The van der Waals surface area contributed by atoms with Gasteiger partial charge in [0.2, 0.25) is 15.9 Å². The monoisotopic (exact) mass is 472 g/mol. The summed E-state index contributed by atoms with van der Waals surface area (Å²) in [5.41, 5.74) is 1.51. The van der Waals surface area contributed by atoms with E-state index in [0.717, 1.165) is 19.3 Å². The normalized spacial score (nSPS) is 14.5. The van der Waals surface area contributed by atoms with Crippen molar-refractivity contribution in [1.82, 2.24) is 4.31 Å². The van der Waals surface area contributed by atoms with E-state index in [4.69, 9.17) is 4.74 Å². The molecule has 0 saturated carbocycles. The van der Waals surface area contributed by atoms with Crippen molar-refractivity contribution >= 4 is 33.4 Å². The van der Waals surface area contributed by atoms with Crippen molar-refractivity contribution in [2.24, 2.45) is 0 Å². The molecular weight excluding hydrogens is 444 g/mol. The Morgan fingerprint density at radius 2 is 1.61 bits per heavy atom. The summed E-state index contributed by atoms with van der Waals surface area (Å²) in [5.74, 6) is -1.32. The Balaban J connectivity index is 1.66. The van der Waals surface area contributed by atoms with Crippen molar-refractivity contribution in [3.63, 3.8) is 0 Å². The largest absolute Gasteiger partial charge is 0.454 e. The molecule has 33 heavy (non-hydrogen) atoms. The summed E-state index contributed by atoms with van der Waals surface area (Å²) >= 11 is 0. The van der Waals surface area contributed by atoms with Crippen molar-refractivity contribution in [1.29, 1.82) is 0 Å². The zero-order chi connectivity index (χ0) is 24.0. The number of ketones is 1. The summed E-state index contributed by atoms with van der Waals surface area (Å²) < 4.78 is 32.7. The third-order valence-electron chi connectivity index (χ3n) is 5.50. The number of piperidine rings is 1. The predicted octanol–water partition coefficient (Wildman–Crippen LogP) is 3.56. The van der Waals surface area contributed by atoms with Crippen LogP contribution >= 0.6 is 0 Å². The number of Topliss-reactive ketones (excluding diaryl/α,β-unsaturated/α-hetero) is 1. The molecule has 3 rings (SSSR count). The van der Waals surface area contributed by atoms with Crippen molar-refractivity contribution in [3.05, 3.63) is 59.2 Å². The van der Waals surface area contributed by atoms with Crippen molar-refractivity contribution in [3.8, 4) is 0 Å². The summed E-state index contributed by atoms with van der Waals surface area (Å²) in [7, 11) is -3.71. The van der Waals surface area contributed by atoms with Crippen molar-refractivity contribution in [2.45, 2.75) is 44.4 Å². The summed E-state index contributed by atoms with van der Waals surface area (Å²) in [6, 6.07) is 10.6. The van der Waals surface area contributed by atoms with Crippen LogP contribution in [-0.4, -0.2) is 50.1 Å². The molecule has 1 fully saturated rings. The van der Waals surface area contributed by atoms with Gasteiger partial charge in [0.25, 0.3) is 0 Å². The number of hydrogen-bond acceptors (Lipinski definition) is 6. The Kier molecular flexibility index (Phi) is 7.99. The molecule has 1 N–H and O–H groups in total.